The van der Waals surface area contributed by atoms with Crippen LogP contribution in [-0.2, 0) is 4.79 Å². The second-order valence-corrected chi connectivity index (χ2v) is 7.82. The summed E-state index contributed by atoms with van der Waals surface area (Å²) in [7, 11) is 0. The summed E-state index contributed by atoms with van der Waals surface area (Å²) in [6.07, 6.45) is -7.36. The lowest BCUT2D eigenvalue weighted by Gasteiger charge is -2.25. The summed E-state index contributed by atoms with van der Waals surface area (Å²) in [6, 6.07) is 3.25. The fourth-order valence-electron chi connectivity index (χ4n) is 2.26. The van der Waals surface area contributed by atoms with Crippen LogP contribution in [0.5, 0.6) is 0 Å². The van der Waals surface area contributed by atoms with Gasteiger partial charge in [0.25, 0.3) is 0 Å². The van der Waals surface area contributed by atoms with Gasteiger partial charge in [-0.25, -0.2) is 0 Å². The number of carbonyl (C=O) groups is 1. The highest BCUT2D eigenvalue weighted by atomic mass is 35.5. The van der Waals surface area contributed by atoms with Gasteiger partial charge in [0.1, 0.15) is 5.17 Å². The number of carbonyl (C=O) groups excluding carboxylic acids is 1. The van der Waals surface area contributed by atoms with E-state index in [9.17, 15) is 31.1 Å². The number of pyridine rings is 1. The van der Waals surface area contributed by atoms with Gasteiger partial charge < -0.3 is 10.2 Å². The Morgan fingerprint density at radius 1 is 1.19 bits per heavy atom. The minimum absolute atomic E-state index is 0.0453. The van der Waals surface area contributed by atoms with Crippen molar-refractivity contribution in [1.29, 1.82) is 5.41 Å². The molecule has 1 aromatic rings. The van der Waals surface area contributed by atoms with E-state index >= 15 is 0 Å². The first-order chi connectivity index (χ1) is 14.4. The Bertz CT molecular complexity index is 743. The zero-order valence-corrected chi connectivity index (χ0v) is 17.8. The smallest absolute Gasteiger partial charge is 0.358 e. The van der Waals surface area contributed by atoms with Gasteiger partial charge in [0.15, 0.2) is 0 Å². The summed E-state index contributed by atoms with van der Waals surface area (Å²) in [4.78, 5) is 17.4. The lowest BCUT2D eigenvalue weighted by Crippen LogP contribution is -2.34. The molecule has 174 valence electrons. The number of hydrogen-bond donors (Lipinski definition) is 2. The number of nitrogens with one attached hydrogen (secondary N) is 2. The molecule has 0 saturated heterocycles. The summed E-state index contributed by atoms with van der Waals surface area (Å²) >= 11 is 6.67. The Labute approximate surface area is 184 Å². The Hall–Kier alpha value is -1.95. The van der Waals surface area contributed by atoms with E-state index < -0.39 is 42.7 Å². The average Bonchev–Trinajstić information content (AvgIpc) is 2.65. The molecule has 1 amide bonds. The van der Waals surface area contributed by atoms with Crippen molar-refractivity contribution in [3.63, 3.8) is 0 Å². The maximum absolute atomic E-state index is 12.6. The highest BCUT2D eigenvalue weighted by molar-refractivity contribution is 7.99. The number of thioether (sulfide) groups is 1. The third kappa shape index (κ3) is 12.5. The standard InChI is InChI=1S/C18H21ClF6N4OS/c19-16(26)14(12-28-13-3-1-7-27-11-13)29(8-2-5-17(20,21)22)15(30)4-9-31-10-6-18(23,24)25/h1,3,7,11-12,26,28H,2,4-6,8-10H2/b14-12+,26-16?. The first-order valence-electron chi connectivity index (χ1n) is 9.02. The summed E-state index contributed by atoms with van der Waals surface area (Å²) in [5.74, 6) is -0.836. The van der Waals surface area contributed by atoms with E-state index in [2.05, 4.69) is 10.3 Å². The van der Waals surface area contributed by atoms with Crippen molar-refractivity contribution in [2.75, 3.05) is 23.4 Å². The highest BCUT2D eigenvalue weighted by Crippen LogP contribution is 2.24. The predicted octanol–water partition coefficient (Wildman–Crippen LogP) is 5.80. The predicted molar refractivity (Wildman–Crippen MR) is 109 cm³/mol. The summed E-state index contributed by atoms with van der Waals surface area (Å²) < 4.78 is 74.1. The molecule has 0 aromatic carbocycles. The molecule has 1 rings (SSSR count). The molecule has 0 aliphatic heterocycles. The van der Waals surface area contributed by atoms with Gasteiger partial charge >= 0.3 is 12.4 Å². The van der Waals surface area contributed by atoms with Crippen molar-refractivity contribution in [1.82, 2.24) is 9.88 Å². The Morgan fingerprint density at radius 3 is 2.42 bits per heavy atom. The van der Waals surface area contributed by atoms with Crippen molar-refractivity contribution in [2.24, 2.45) is 0 Å². The quantitative estimate of drug-likeness (QED) is 0.221. The van der Waals surface area contributed by atoms with Gasteiger partial charge in [-0.1, -0.05) is 11.6 Å². The van der Waals surface area contributed by atoms with Crippen LogP contribution in [0.1, 0.15) is 25.7 Å². The molecule has 0 unspecified atom stereocenters. The van der Waals surface area contributed by atoms with Gasteiger partial charge in [-0.2, -0.15) is 38.1 Å². The number of aromatic nitrogens is 1. The number of amides is 1. The molecule has 0 aliphatic carbocycles. The Kier molecular flexibility index (Phi) is 11.2. The maximum Gasteiger partial charge on any atom is 0.389 e. The molecular weight excluding hydrogens is 470 g/mol. The van der Waals surface area contributed by atoms with Crippen LogP contribution in [0.3, 0.4) is 0 Å². The van der Waals surface area contributed by atoms with Gasteiger partial charge in [0, 0.05) is 43.3 Å². The van der Waals surface area contributed by atoms with Gasteiger partial charge in [0.05, 0.1) is 24.0 Å². The van der Waals surface area contributed by atoms with E-state index in [-0.39, 0.29) is 30.2 Å². The van der Waals surface area contributed by atoms with Crippen molar-refractivity contribution < 1.29 is 31.1 Å². The molecule has 1 heterocycles. The van der Waals surface area contributed by atoms with Crippen LogP contribution in [-0.4, -0.2) is 51.4 Å². The van der Waals surface area contributed by atoms with Crippen LogP contribution in [0.2, 0.25) is 0 Å². The number of allylic oxidation sites excluding steroid dienone is 1. The normalized spacial score (nSPS) is 12.5. The molecule has 0 radical (unpaired) electrons. The molecule has 2 N–H and O–H groups in total. The number of anilines is 1. The third-order valence-corrected chi connectivity index (χ3v) is 4.87. The minimum atomic E-state index is -4.42. The third-order valence-electron chi connectivity index (χ3n) is 3.69. The van der Waals surface area contributed by atoms with Gasteiger partial charge in [-0.3, -0.25) is 15.2 Å². The van der Waals surface area contributed by atoms with E-state index in [0.717, 1.165) is 16.7 Å². The van der Waals surface area contributed by atoms with Gasteiger partial charge in [-0.05, 0) is 18.6 Å². The van der Waals surface area contributed by atoms with E-state index in [1.807, 2.05) is 0 Å². The van der Waals surface area contributed by atoms with Crippen LogP contribution < -0.4 is 5.32 Å². The number of alkyl halides is 6. The summed E-state index contributed by atoms with van der Waals surface area (Å²) in [6.45, 7) is -0.360. The molecule has 0 aliphatic rings. The minimum Gasteiger partial charge on any atom is -0.358 e. The molecule has 1 aromatic heterocycles. The van der Waals surface area contributed by atoms with Crippen LogP contribution in [0.4, 0.5) is 32.0 Å². The first-order valence-corrected chi connectivity index (χ1v) is 10.5. The monoisotopic (exact) mass is 490 g/mol. The Balaban J connectivity index is 2.85. The molecule has 0 atom stereocenters. The first kappa shape index (κ1) is 27.1. The fourth-order valence-corrected chi connectivity index (χ4v) is 3.32. The van der Waals surface area contributed by atoms with Crippen LogP contribution in [0, 0.1) is 5.41 Å². The maximum atomic E-state index is 12.6. The SMILES string of the molecule is N=C(Cl)/C(=C\Nc1cccnc1)N(CCCC(F)(F)F)C(=O)CCSCCC(F)(F)F. The van der Waals surface area contributed by atoms with E-state index in [0.29, 0.717) is 5.69 Å². The van der Waals surface area contributed by atoms with E-state index in [4.69, 9.17) is 17.0 Å². The average molecular weight is 491 g/mol. The number of nitrogens with zero attached hydrogens (tertiary/aromatic N) is 2. The van der Waals surface area contributed by atoms with Crippen molar-refractivity contribution in [2.45, 2.75) is 38.0 Å². The number of hydrogen-bond acceptors (Lipinski definition) is 5. The molecule has 31 heavy (non-hydrogen) atoms. The van der Waals surface area contributed by atoms with Crippen LogP contribution in [0.25, 0.3) is 0 Å². The van der Waals surface area contributed by atoms with Crippen LogP contribution in [0.15, 0.2) is 36.4 Å². The highest BCUT2D eigenvalue weighted by Gasteiger charge is 2.29. The fraction of sp³-hybridized carbons (Fsp3) is 0.500. The summed E-state index contributed by atoms with van der Waals surface area (Å²) in [5, 5.41) is 9.89. The van der Waals surface area contributed by atoms with Gasteiger partial charge in [0.2, 0.25) is 5.91 Å². The lowest BCUT2D eigenvalue weighted by molar-refractivity contribution is -0.139. The largest absolute Gasteiger partial charge is 0.389 e. The summed E-state index contributed by atoms with van der Waals surface area (Å²) in [5.41, 5.74) is 0.335. The lowest BCUT2D eigenvalue weighted by atomic mass is 10.2. The van der Waals surface area contributed by atoms with Gasteiger partial charge in [-0.15, -0.1) is 0 Å². The van der Waals surface area contributed by atoms with E-state index in [1.54, 1.807) is 12.1 Å². The molecular formula is C18H21ClF6N4OS. The zero-order valence-electron chi connectivity index (χ0n) is 16.2. The second-order valence-electron chi connectivity index (χ2n) is 6.22. The molecule has 0 saturated carbocycles. The van der Waals surface area contributed by atoms with Crippen LogP contribution >= 0.6 is 23.4 Å². The molecule has 0 spiro atoms. The van der Waals surface area contributed by atoms with Crippen molar-refractivity contribution in [3.05, 3.63) is 36.4 Å². The van der Waals surface area contributed by atoms with Crippen molar-refractivity contribution in [3.8, 4) is 0 Å². The number of rotatable bonds is 12. The molecule has 5 nitrogen and oxygen atoms in total. The van der Waals surface area contributed by atoms with E-state index in [1.165, 1.54) is 18.6 Å². The zero-order chi connectivity index (χ0) is 23.5. The number of halogens is 7. The Morgan fingerprint density at radius 2 is 1.87 bits per heavy atom. The molecule has 13 heteroatoms. The van der Waals surface area contributed by atoms with Crippen molar-refractivity contribution >= 4 is 40.1 Å². The molecule has 0 bridgehead atoms. The second kappa shape index (κ2) is 12.8. The molecule has 0 fully saturated rings. The topological polar surface area (TPSA) is 69.1 Å².